The van der Waals surface area contributed by atoms with E-state index in [1.807, 2.05) is 19.1 Å². The molecule has 0 fully saturated rings. The normalized spacial score (nSPS) is 11.3. The van der Waals surface area contributed by atoms with Crippen LogP contribution in [0.5, 0.6) is 0 Å². The fourth-order valence-corrected chi connectivity index (χ4v) is 1.76. The van der Waals surface area contributed by atoms with E-state index in [-0.39, 0.29) is 0 Å². The Hall–Kier alpha value is -1.90. The summed E-state index contributed by atoms with van der Waals surface area (Å²) >= 11 is 0. The summed E-state index contributed by atoms with van der Waals surface area (Å²) in [6, 6.07) is 6.10. The third-order valence-electron chi connectivity index (χ3n) is 2.49. The van der Waals surface area contributed by atoms with Gasteiger partial charge in [-0.15, -0.1) is 0 Å². The van der Waals surface area contributed by atoms with E-state index in [0.717, 1.165) is 27.9 Å². The molecule has 0 atom stereocenters. The fraction of sp³-hybridized carbons (Fsp3) is 0.167. The zero-order chi connectivity index (χ0) is 10.4. The lowest BCUT2D eigenvalue weighted by Crippen LogP contribution is -1.84. The molecule has 3 rings (SSSR count). The summed E-state index contributed by atoms with van der Waals surface area (Å²) in [6.07, 6.45) is 1.73. The maximum absolute atomic E-state index is 5.64. The van der Waals surface area contributed by atoms with E-state index in [1.165, 1.54) is 5.56 Å². The van der Waals surface area contributed by atoms with E-state index >= 15 is 0 Å². The second-order valence-electron chi connectivity index (χ2n) is 3.73. The quantitative estimate of drug-likeness (QED) is 0.557. The zero-order valence-electron chi connectivity index (χ0n) is 8.61. The molecule has 1 aromatic carbocycles. The SMILES string of the molecule is Cc1ccc2oc3cnc(C)nc3c2c1. The van der Waals surface area contributed by atoms with Crippen molar-refractivity contribution in [2.45, 2.75) is 13.8 Å². The molecule has 0 spiro atoms. The molecule has 0 saturated heterocycles. The lowest BCUT2D eigenvalue weighted by Gasteiger charge is -1.92. The summed E-state index contributed by atoms with van der Waals surface area (Å²) in [4.78, 5) is 8.52. The van der Waals surface area contributed by atoms with E-state index in [0.29, 0.717) is 0 Å². The molecule has 3 nitrogen and oxygen atoms in total. The molecular weight excluding hydrogens is 188 g/mol. The number of aromatic nitrogens is 2. The summed E-state index contributed by atoms with van der Waals surface area (Å²) in [5.74, 6) is 0.770. The van der Waals surface area contributed by atoms with Crippen molar-refractivity contribution in [3.63, 3.8) is 0 Å². The Bertz CT molecular complexity index is 599. The van der Waals surface area contributed by atoms with Crippen molar-refractivity contribution in [1.29, 1.82) is 0 Å². The van der Waals surface area contributed by atoms with Gasteiger partial charge in [0.05, 0.1) is 6.20 Å². The van der Waals surface area contributed by atoms with Crippen LogP contribution in [0.2, 0.25) is 0 Å². The predicted molar refractivity (Wildman–Crippen MR) is 58.8 cm³/mol. The van der Waals surface area contributed by atoms with Gasteiger partial charge in [0.25, 0.3) is 0 Å². The molecule has 3 heteroatoms. The molecule has 74 valence electrons. The molecule has 0 saturated carbocycles. The fourth-order valence-electron chi connectivity index (χ4n) is 1.76. The summed E-state index contributed by atoms with van der Waals surface area (Å²) in [5, 5.41) is 1.07. The van der Waals surface area contributed by atoms with Crippen molar-refractivity contribution in [2.24, 2.45) is 0 Å². The highest BCUT2D eigenvalue weighted by molar-refractivity contribution is 6.02. The van der Waals surface area contributed by atoms with Gasteiger partial charge < -0.3 is 4.42 Å². The Balaban J connectivity index is 2.55. The molecular formula is C12H10N2O. The first-order chi connectivity index (χ1) is 7.24. The van der Waals surface area contributed by atoms with Gasteiger partial charge in [-0.1, -0.05) is 11.6 Å². The van der Waals surface area contributed by atoms with Gasteiger partial charge in [-0.25, -0.2) is 9.97 Å². The van der Waals surface area contributed by atoms with Crippen LogP contribution in [0.25, 0.3) is 22.1 Å². The van der Waals surface area contributed by atoms with E-state index < -0.39 is 0 Å². The number of furan rings is 1. The number of aryl methyl sites for hydroxylation is 2. The topological polar surface area (TPSA) is 38.9 Å². The number of benzene rings is 1. The first-order valence-electron chi connectivity index (χ1n) is 4.86. The van der Waals surface area contributed by atoms with Crippen LogP contribution in [0.15, 0.2) is 28.8 Å². The van der Waals surface area contributed by atoms with Crippen molar-refractivity contribution in [2.75, 3.05) is 0 Å². The Kier molecular flexibility index (Phi) is 1.57. The minimum absolute atomic E-state index is 0.751. The number of hydrogen-bond acceptors (Lipinski definition) is 3. The van der Waals surface area contributed by atoms with Gasteiger partial charge in [-0.3, -0.25) is 0 Å². The second-order valence-corrected chi connectivity index (χ2v) is 3.73. The van der Waals surface area contributed by atoms with Gasteiger partial charge in [0, 0.05) is 5.39 Å². The van der Waals surface area contributed by atoms with Crippen LogP contribution in [0.1, 0.15) is 11.4 Å². The highest BCUT2D eigenvalue weighted by atomic mass is 16.3. The maximum atomic E-state index is 5.64. The predicted octanol–water partition coefficient (Wildman–Crippen LogP) is 2.99. The molecule has 0 aliphatic carbocycles. The average Bonchev–Trinajstić information content (AvgIpc) is 2.56. The lowest BCUT2D eigenvalue weighted by molar-refractivity contribution is 0.665. The van der Waals surface area contributed by atoms with Gasteiger partial charge in [-0.05, 0) is 26.0 Å². The molecule has 15 heavy (non-hydrogen) atoms. The Morgan fingerprint density at radius 2 is 2.00 bits per heavy atom. The van der Waals surface area contributed by atoms with Crippen LogP contribution >= 0.6 is 0 Å². The van der Waals surface area contributed by atoms with Gasteiger partial charge in [0.1, 0.15) is 16.9 Å². The highest BCUT2D eigenvalue weighted by Gasteiger charge is 2.08. The number of rotatable bonds is 0. The van der Waals surface area contributed by atoms with Crippen LogP contribution in [-0.4, -0.2) is 9.97 Å². The standard InChI is InChI=1S/C12H10N2O/c1-7-3-4-10-9(5-7)12-11(15-10)6-13-8(2)14-12/h3-6H,1-2H3. The van der Waals surface area contributed by atoms with Crippen LogP contribution < -0.4 is 0 Å². The third-order valence-corrected chi connectivity index (χ3v) is 2.49. The van der Waals surface area contributed by atoms with Gasteiger partial charge in [-0.2, -0.15) is 0 Å². The molecule has 0 bridgehead atoms. The Labute approximate surface area is 86.8 Å². The molecule has 2 heterocycles. The van der Waals surface area contributed by atoms with Crippen molar-refractivity contribution < 1.29 is 4.42 Å². The first kappa shape index (κ1) is 8.41. The molecule has 0 unspecified atom stereocenters. The number of fused-ring (bicyclic) bond motifs is 3. The van der Waals surface area contributed by atoms with Gasteiger partial charge >= 0.3 is 0 Å². The third kappa shape index (κ3) is 1.20. The maximum Gasteiger partial charge on any atom is 0.172 e. The molecule has 3 aromatic rings. The van der Waals surface area contributed by atoms with E-state index in [2.05, 4.69) is 23.0 Å². The molecule has 2 aromatic heterocycles. The van der Waals surface area contributed by atoms with Crippen LogP contribution in [0, 0.1) is 13.8 Å². The van der Waals surface area contributed by atoms with Crippen LogP contribution in [0.3, 0.4) is 0 Å². The van der Waals surface area contributed by atoms with Crippen molar-refractivity contribution in [3.8, 4) is 0 Å². The highest BCUT2D eigenvalue weighted by Crippen LogP contribution is 2.27. The van der Waals surface area contributed by atoms with Crippen molar-refractivity contribution >= 4 is 22.1 Å². The van der Waals surface area contributed by atoms with E-state index in [4.69, 9.17) is 4.42 Å². The average molecular weight is 198 g/mol. The molecule has 0 N–H and O–H groups in total. The summed E-state index contributed by atoms with van der Waals surface area (Å²) < 4.78 is 5.64. The molecule has 0 amide bonds. The van der Waals surface area contributed by atoms with E-state index in [1.54, 1.807) is 6.20 Å². The summed E-state index contributed by atoms with van der Waals surface area (Å²) in [5.41, 5.74) is 3.74. The van der Waals surface area contributed by atoms with Gasteiger partial charge in [0.2, 0.25) is 0 Å². The van der Waals surface area contributed by atoms with Crippen LogP contribution in [-0.2, 0) is 0 Å². The molecule has 0 radical (unpaired) electrons. The smallest absolute Gasteiger partial charge is 0.172 e. The molecule has 0 aliphatic rings. The summed E-state index contributed by atoms with van der Waals surface area (Å²) in [6.45, 7) is 3.94. The van der Waals surface area contributed by atoms with Crippen molar-refractivity contribution in [1.82, 2.24) is 9.97 Å². The number of nitrogens with zero attached hydrogens (tertiary/aromatic N) is 2. The van der Waals surface area contributed by atoms with Crippen molar-refractivity contribution in [3.05, 3.63) is 35.8 Å². The number of hydrogen-bond donors (Lipinski definition) is 0. The lowest BCUT2D eigenvalue weighted by atomic mass is 10.2. The van der Waals surface area contributed by atoms with E-state index in [9.17, 15) is 0 Å². The molecule has 0 aliphatic heterocycles. The second kappa shape index (κ2) is 2.79. The first-order valence-corrected chi connectivity index (χ1v) is 4.86. The minimum atomic E-state index is 0.751. The summed E-state index contributed by atoms with van der Waals surface area (Å²) in [7, 11) is 0. The Morgan fingerprint density at radius 3 is 2.87 bits per heavy atom. The monoisotopic (exact) mass is 198 g/mol. The van der Waals surface area contributed by atoms with Gasteiger partial charge in [0.15, 0.2) is 5.58 Å². The Morgan fingerprint density at radius 1 is 1.13 bits per heavy atom. The zero-order valence-corrected chi connectivity index (χ0v) is 8.61. The largest absolute Gasteiger partial charge is 0.453 e. The minimum Gasteiger partial charge on any atom is -0.453 e. The van der Waals surface area contributed by atoms with Crippen LogP contribution in [0.4, 0.5) is 0 Å².